The minimum atomic E-state index is -0.341. The maximum absolute atomic E-state index is 9.20. The predicted molar refractivity (Wildman–Crippen MR) is 110 cm³/mol. The predicted octanol–water partition coefficient (Wildman–Crippen LogP) is 3.64. The molecule has 3 N–H and O–H groups in total. The van der Waals surface area contributed by atoms with Crippen molar-refractivity contribution in [3.8, 4) is 11.5 Å². The van der Waals surface area contributed by atoms with Gasteiger partial charge in [-0.1, -0.05) is 41.4 Å². The first-order chi connectivity index (χ1) is 13.0. The van der Waals surface area contributed by atoms with Crippen molar-refractivity contribution in [2.45, 2.75) is 26.2 Å². The van der Waals surface area contributed by atoms with E-state index in [1.165, 1.54) is 0 Å². The van der Waals surface area contributed by atoms with Gasteiger partial charge < -0.3 is 25.2 Å². The van der Waals surface area contributed by atoms with Crippen LogP contribution >= 0.6 is 23.2 Å². The van der Waals surface area contributed by atoms with Gasteiger partial charge in [-0.3, -0.25) is 0 Å². The first kappa shape index (κ1) is 21.8. The summed E-state index contributed by atoms with van der Waals surface area (Å²) < 4.78 is 11.3. The second-order valence-electron chi connectivity index (χ2n) is 6.22. The maximum Gasteiger partial charge on any atom is 0.180 e. The Morgan fingerprint density at radius 1 is 1.07 bits per heavy atom. The number of benzene rings is 2. The molecule has 2 aromatic rings. The van der Waals surface area contributed by atoms with Crippen molar-refractivity contribution >= 4 is 23.2 Å². The Hall–Kier alpha value is -1.50. The molecule has 0 aliphatic heterocycles. The highest BCUT2D eigenvalue weighted by atomic mass is 35.5. The minimum absolute atomic E-state index is 0.308. The van der Waals surface area contributed by atoms with Crippen molar-refractivity contribution in [1.29, 1.82) is 0 Å². The van der Waals surface area contributed by atoms with E-state index in [0.717, 1.165) is 24.2 Å². The molecule has 2 rings (SSSR count). The van der Waals surface area contributed by atoms with Crippen LogP contribution in [0.2, 0.25) is 10.0 Å². The van der Waals surface area contributed by atoms with E-state index in [1.807, 2.05) is 36.4 Å². The van der Waals surface area contributed by atoms with Crippen LogP contribution in [-0.4, -0.2) is 38.0 Å². The highest BCUT2D eigenvalue weighted by Gasteiger charge is 2.13. The monoisotopic (exact) mass is 412 g/mol. The van der Waals surface area contributed by atoms with Gasteiger partial charge in [0.05, 0.1) is 18.2 Å². The number of hydrogen-bond donors (Lipinski definition) is 3. The summed E-state index contributed by atoms with van der Waals surface area (Å²) in [7, 11) is 1.59. The average Bonchev–Trinajstić information content (AvgIpc) is 2.64. The Labute approximate surface area is 170 Å². The molecule has 0 saturated carbocycles. The van der Waals surface area contributed by atoms with E-state index in [-0.39, 0.29) is 6.10 Å². The van der Waals surface area contributed by atoms with E-state index in [1.54, 1.807) is 14.0 Å². The van der Waals surface area contributed by atoms with Gasteiger partial charge in [-0.25, -0.2) is 0 Å². The fraction of sp³-hybridized carbons (Fsp3) is 0.400. The van der Waals surface area contributed by atoms with E-state index >= 15 is 0 Å². The summed E-state index contributed by atoms with van der Waals surface area (Å²) in [5.41, 5.74) is 1.88. The van der Waals surface area contributed by atoms with Crippen LogP contribution in [0.3, 0.4) is 0 Å². The number of rotatable bonds is 11. The smallest absolute Gasteiger partial charge is 0.180 e. The summed E-state index contributed by atoms with van der Waals surface area (Å²) in [5, 5.41) is 16.8. The SMILES string of the molecule is COc1cc(CNCCNCC(C)O)cc(Cl)c1OCc1ccccc1Cl. The Morgan fingerprint density at radius 2 is 1.81 bits per heavy atom. The standard InChI is InChI=1S/C20H26Cl2N2O3/c1-14(25)11-23-7-8-24-12-15-9-18(22)20(19(10-15)26-2)27-13-16-5-3-4-6-17(16)21/h3-6,9-10,14,23-25H,7-8,11-13H2,1-2H3. The second-order valence-corrected chi connectivity index (χ2v) is 7.03. The molecule has 7 heteroatoms. The number of aliphatic hydroxyl groups is 1. The zero-order chi connectivity index (χ0) is 19.6. The van der Waals surface area contributed by atoms with Gasteiger partial charge in [-0.05, 0) is 30.7 Å². The van der Waals surface area contributed by atoms with Crippen molar-refractivity contribution < 1.29 is 14.6 Å². The summed E-state index contributed by atoms with van der Waals surface area (Å²) in [6.07, 6.45) is -0.341. The fourth-order valence-electron chi connectivity index (χ4n) is 2.50. The van der Waals surface area contributed by atoms with Gasteiger partial charge in [0.25, 0.3) is 0 Å². The number of aliphatic hydroxyl groups excluding tert-OH is 1. The van der Waals surface area contributed by atoms with Crippen molar-refractivity contribution in [1.82, 2.24) is 10.6 Å². The third-order valence-corrected chi connectivity index (χ3v) is 4.52. The van der Waals surface area contributed by atoms with Gasteiger partial charge in [0.15, 0.2) is 11.5 Å². The van der Waals surface area contributed by atoms with Crippen molar-refractivity contribution in [2.75, 3.05) is 26.7 Å². The second kappa shape index (κ2) is 11.4. The molecule has 0 saturated heterocycles. The van der Waals surface area contributed by atoms with Gasteiger partial charge in [0.1, 0.15) is 6.61 Å². The zero-order valence-electron chi connectivity index (χ0n) is 15.6. The molecule has 0 fully saturated rings. The minimum Gasteiger partial charge on any atom is -0.493 e. The van der Waals surface area contributed by atoms with E-state index in [2.05, 4.69) is 10.6 Å². The van der Waals surface area contributed by atoms with Crippen LogP contribution in [0.25, 0.3) is 0 Å². The molecular weight excluding hydrogens is 387 g/mol. The number of halogens is 2. The topological polar surface area (TPSA) is 62.8 Å². The van der Waals surface area contributed by atoms with E-state index < -0.39 is 0 Å². The molecule has 0 aliphatic carbocycles. The molecule has 2 aromatic carbocycles. The quantitative estimate of drug-likeness (QED) is 0.491. The summed E-state index contributed by atoms with van der Waals surface area (Å²) >= 11 is 12.6. The molecule has 0 bridgehead atoms. The molecule has 0 aromatic heterocycles. The highest BCUT2D eigenvalue weighted by molar-refractivity contribution is 6.32. The van der Waals surface area contributed by atoms with Crippen molar-refractivity contribution in [3.05, 3.63) is 57.6 Å². The Bertz CT molecular complexity index is 726. The third kappa shape index (κ3) is 7.20. The molecule has 1 atom stereocenters. The zero-order valence-corrected chi connectivity index (χ0v) is 17.1. The van der Waals surface area contributed by atoms with Gasteiger partial charge >= 0.3 is 0 Å². The van der Waals surface area contributed by atoms with Gasteiger partial charge in [0.2, 0.25) is 0 Å². The first-order valence-corrected chi connectivity index (χ1v) is 9.59. The molecule has 5 nitrogen and oxygen atoms in total. The van der Waals surface area contributed by atoms with E-state index in [9.17, 15) is 5.11 Å². The van der Waals surface area contributed by atoms with Crippen molar-refractivity contribution in [2.24, 2.45) is 0 Å². The number of ether oxygens (including phenoxy) is 2. The largest absolute Gasteiger partial charge is 0.493 e. The van der Waals surface area contributed by atoms with Crippen LogP contribution in [0.4, 0.5) is 0 Å². The molecule has 0 aliphatic rings. The Morgan fingerprint density at radius 3 is 2.52 bits per heavy atom. The van der Waals surface area contributed by atoms with Crippen molar-refractivity contribution in [3.63, 3.8) is 0 Å². The molecule has 1 unspecified atom stereocenters. The summed E-state index contributed by atoms with van der Waals surface area (Å²) in [6.45, 7) is 4.84. The average molecular weight is 413 g/mol. The van der Waals surface area contributed by atoms with Gasteiger partial charge in [0, 0.05) is 36.8 Å². The molecular formula is C20H26Cl2N2O3. The lowest BCUT2D eigenvalue weighted by molar-refractivity contribution is 0.191. The number of nitrogens with one attached hydrogen (secondary N) is 2. The van der Waals surface area contributed by atoms with Crippen LogP contribution < -0.4 is 20.1 Å². The molecule has 27 heavy (non-hydrogen) atoms. The molecule has 0 heterocycles. The van der Waals surface area contributed by atoms with Crippen LogP contribution in [0.5, 0.6) is 11.5 Å². The van der Waals surface area contributed by atoms with Crippen LogP contribution in [0.15, 0.2) is 36.4 Å². The number of hydrogen-bond acceptors (Lipinski definition) is 5. The summed E-state index contributed by atoms with van der Waals surface area (Å²) in [5.74, 6) is 1.08. The number of methoxy groups -OCH3 is 1. The van der Waals surface area contributed by atoms with Crippen LogP contribution in [-0.2, 0) is 13.2 Å². The fourth-order valence-corrected chi connectivity index (χ4v) is 2.98. The molecule has 0 amide bonds. The highest BCUT2D eigenvalue weighted by Crippen LogP contribution is 2.37. The molecule has 0 radical (unpaired) electrons. The van der Waals surface area contributed by atoms with Gasteiger partial charge in [-0.15, -0.1) is 0 Å². The Kier molecular flexibility index (Phi) is 9.18. The normalized spacial score (nSPS) is 12.0. The molecule has 0 spiro atoms. The summed E-state index contributed by atoms with van der Waals surface area (Å²) in [6, 6.07) is 11.3. The summed E-state index contributed by atoms with van der Waals surface area (Å²) in [4.78, 5) is 0. The third-order valence-electron chi connectivity index (χ3n) is 3.87. The van der Waals surface area contributed by atoms with E-state index in [0.29, 0.717) is 41.2 Å². The first-order valence-electron chi connectivity index (χ1n) is 8.83. The lowest BCUT2D eigenvalue weighted by atomic mass is 10.2. The van der Waals surface area contributed by atoms with Crippen LogP contribution in [0.1, 0.15) is 18.1 Å². The van der Waals surface area contributed by atoms with E-state index in [4.69, 9.17) is 32.7 Å². The van der Waals surface area contributed by atoms with Crippen LogP contribution in [0, 0.1) is 0 Å². The Balaban J connectivity index is 1.93. The van der Waals surface area contributed by atoms with Gasteiger partial charge in [-0.2, -0.15) is 0 Å². The molecule has 148 valence electrons. The lowest BCUT2D eigenvalue weighted by Gasteiger charge is -2.15. The lowest BCUT2D eigenvalue weighted by Crippen LogP contribution is -2.31. The maximum atomic E-state index is 9.20.